The Kier molecular flexibility index (Phi) is 72.2. The molecule has 0 spiro atoms. The number of aliphatic hydroxyl groups is 1. The van der Waals surface area contributed by atoms with Gasteiger partial charge in [0.1, 0.15) is 19.3 Å². The van der Waals surface area contributed by atoms with Gasteiger partial charge in [-0.2, -0.15) is 0 Å². The standard InChI is InChI=1S/C82H160O17P2/c1-7-10-12-14-16-18-20-22-24-26-27-28-30-32-36-40-48-54-60-66-81(86)98-77(70-92-79(84)64-58-52-46-39-35-31-29-25-23-21-19-17-15-13-11-8-2)72-96-100(88,89)94-68-76(83)69-95-101(90,91)97-73-78(71-93-80(85)65-59-53-47-43-42-45-51-57-63-75(6)9-3)99-82(87)67-61-55-49-41-37-33-34-38-44-50-56-62-74(4)5/h74-78,83H,7-73H2,1-6H3,(H,88,89)(H,90,91)/t75?,76-,77-,78-/m1/s1. The molecule has 0 radical (unpaired) electrons. The van der Waals surface area contributed by atoms with Crippen LogP contribution in [0.1, 0.15) is 433 Å². The van der Waals surface area contributed by atoms with Crippen LogP contribution >= 0.6 is 15.6 Å². The van der Waals surface area contributed by atoms with Gasteiger partial charge in [0.15, 0.2) is 12.2 Å². The zero-order chi connectivity index (χ0) is 74.2. The molecule has 600 valence electrons. The van der Waals surface area contributed by atoms with Gasteiger partial charge in [-0.3, -0.25) is 37.3 Å². The van der Waals surface area contributed by atoms with Crippen molar-refractivity contribution in [1.29, 1.82) is 0 Å². The smallest absolute Gasteiger partial charge is 0.462 e. The van der Waals surface area contributed by atoms with Crippen molar-refractivity contribution in [2.45, 2.75) is 452 Å². The summed E-state index contributed by atoms with van der Waals surface area (Å²) < 4.78 is 68.8. The van der Waals surface area contributed by atoms with Crippen LogP contribution in [0.15, 0.2) is 0 Å². The molecule has 0 heterocycles. The summed E-state index contributed by atoms with van der Waals surface area (Å²) in [6.07, 6.45) is 63.7. The van der Waals surface area contributed by atoms with Crippen molar-refractivity contribution in [3.63, 3.8) is 0 Å². The molecule has 0 aromatic rings. The average Bonchev–Trinajstić information content (AvgIpc) is 0.942. The van der Waals surface area contributed by atoms with Crippen LogP contribution in [-0.2, 0) is 65.4 Å². The predicted molar refractivity (Wildman–Crippen MR) is 414 cm³/mol. The van der Waals surface area contributed by atoms with Crippen molar-refractivity contribution in [2.24, 2.45) is 11.8 Å². The number of unbranched alkanes of at least 4 members (excludes halogenated alkanes) is 50. The third-order valence-corrected chi connectivity index (χ3v) is 21.5. The van der Waals surface area contributed by atoms with E-state index in [-0.39, 0.29) is 25.7 Å². The number of rotatable bonds is 81. The van der Waals surface area contributed by atoms with E-state index in [2.05, 4.69) is 41.5 Å². The molecule has 0 aliphatic carbocycles. The fraction of sp³-hybridized carbons (Fsp3) is 0.951. The topological polar surface area (TPSA) is 237 Å². The van der Waals surface area contributed by atoms with Crippen LogP contribution in [0.25, 0.3) is 0 Å². The molecule has 19 heteroatoms. The number of aliphatic hydroxyl groups excluding tert-OH is 1. The first-order valence-corrected chi connectivity index (χ1v) is 45.5. The van der Waals surface area contributed by atoms with Gasteiger partial charge in [0.2, 0.25) is 0 Å². The number of esters is 4. The zero-order valence-electron chi connectivity index (χ0n) is 66.2. The van der Waals surface area contributed by atoms with Gasteiger partial charge in [0.25, 0.3) is 0 Å². The lowest BCUT2D eigenvalue weighted by Gasteiger charge is -2.21. The Morgan fingerprint density at radius 1 is 0.287 bits per heavy atom. The van der Waals surface area contributed by atoms with E-state index in [4.69, 9.17) is 37.0 Å². The van der Waals surface area contributed by atoms with Gasteiger partial charge in [-0.15, -0.1) is 0 Å². The Hall–Kier alpha value is -1.94. The molecule has 3 N–H and O–H groups in total. The lowest BCUT2D eigenvalue weighted by atomic mass is 9.99. The van der Waals surface area contributed by atoms with E-state index in [1.54, 1.807) is 0 Å². The number of hydrogen-bond acceptors (Lipinski definition) is 15. The molecule has 0 saturated heterocycles. The van der Waals surface area contributed by atoms with E-state index in [0.717, 1.165) is 102 Å². The van der Waals surface area contributed by atoms with Crippen molar-refractivity contribution in [2.75, 3.05) is 39.6 Å². The minimum absolute atomic E-state index is 0.106. The third kappa shape index (κ3) is 74.7. The summed E-state index contributed by atoms with van der Waals surface area (Å²) in [5.41, 5.74) is 0. The van der Waals surface area contributed by atoms with Crippen LogP contribution in [0.5, 0.6) is 0 Å². The summed E-state index contributed by atoms with van der Waals surface area (Å²) in [5.74, 6) is -0.564. The van der Waals surface area contributed by atoms with Gasteiger partial charge in [-0.1, -0.05) is 382 Å². The maximum Gasteiger partial charge on any atom is 0.472 e. The van der Waals surface area contributed by atoms with Crippen LogP contribution in [0.4, 0.5) is 0 Å². The Morgan fingerprint density at radius 2 is 0.505 bits per heavy atom. The number of phosphoric acid groups is 2. The lowest BCUT2D eigenvalue weighted by Crippen LogP contribution is -2.30. The van der Waals surface area contributed by atoms with Gasteiger partial charge in [0, 0.05) is 25.7 Å². The highest BCUT2D eigenvalue weighted by atomic mass is 31.2. The summed E-state index contributed by atoms with van der Waals surface area (Å²) in [6, 6.07) is 0. The van der Waals surface area contributed by atoms with Crippen LogP contribution in [0.2, 0.25) is 0 Å². The van der Waals surface area contributed by atoms with Gasteiger partial charge in [0.05, 0.1) is 26.4 Å². The Balaban J connectivity index is 5.26. The number of ether oxygens (including phenoxy) is 4. The van der Waals surface area contributed by atoms with Gasteiger partial charge < -0.3 is 33.8 Å². The van der Waals surface area contributed by atoms with Crippen LogP contribution in [0.3, 0.4) is 0 Å². The van der Waals surface area contributed by atoms with Crippen molar-refractivity contribution >= 4 is 39.5 Å². The normalized spacial score (nSPS) is 14.2. The van der Waals surface area contributed by atoms with Crippen LogP contribution in [-0.4, -0.2) is 96.7 Å². The molecule has 0 bridgehead atoms. The summed E-state index contributed by atoms with van der Waals surface area (Å²) >= 11 is 0. The molecule has 3 unspecified atom stereocenters. The molecule has 0 aromatic carbocycles. The van der Waals surface area contributed by atoms with Crippen molar-refractivity contribution in [3.8, 4) is 0 Å². The van der Waals surface area contributed by atoms with E-state index >= 15 is 0 Å². The SMILES string of the molecule is CCCCCCCCCCCCCCCCCCCCCC(=O)O[C@H](COC(=O)CCCCCCCCCCCCCCCCCC)COP(=O)(O)OC[C@@H](O)COP(=O)(O)OC[C@@H](COC(=O)CCCCCCCCCCC(C)CC)OC(=O)CCCCCCCCCCCCCC(C)C. The van der Waals surface area contributed by atoms with Crippen molar-refractivity contribution < 1.29 is 80.2 Å². The average molecular weight is 1480 g/mol. The third-order valence-electron chi connectivity index (χ3n) is 19.6. The predicted octanol–water partition coefficient (Wildman–Crippen LogP) is 24.7. The quantitative estimate of drug-likeness (QED) is 0.0222. The minimum atomic E-state index is -4.96. The highest BCUT2D eigenvalue weighted by molar-refractivity contribution is 7.47. The molecule has 0 aliphatic heterocycles. The van der Waals surface area contributed by atoms with Gasteiger partial charge in [-0.25, -0.2) is 9.13 Å². The first-order chi connectivity index (χ1) is 48.9. The minimum Gasteiger partial charge on any atom is -0.462 e. The highest BCUT2D eigenvalue weighted by Gasteiger charge is 2.30. The molecular weight excluding hydrogens is 1320 g/mol. The Morgan fingerprint density at radius 3 is 0.752 bits per heavy atom. The highest BCUT2D eigenvalue weighted by Crippen LogP contribution is 2.45. The fourth-order valence-corrected chi connectivity index (χ4v) is 14.3. The number of carbonyl (C=O) groups excluding carboxylic acids is 4. The van der Waals surface area contributed by atoms with Crippen molar-refractivity contribution in [1.82, 2.24) is 0 Å². The number of phosphoric ester groups is 2. The number of carbonyl (C=O) groups is 4. The van der Waals surface area contributed by atoms with E-state index in [9.17, 15) is 43.2 Å². The maximum atomic E-state index is 13.1. The van der Waals surface area contributed by atoms with E-state index in [0.29, 0.717) is 25.7 Å². The molecule has 6 atom stereocenters. The molecule has 101 heavy (non-hydrogen) atoms. The van der Waals surface area contributed by atoms with E-state index in [1.807, 2.05) is 0 Å². The van der Waals surface area contributed by atoms with Crippen LogP contribution < -0.4 is 0 Å². The molecule has 0 fully saturated rings. The van der Waals surface area contributed by atoms with Crippen molar-refractivity contribution in [3.05, 3.63) is 0 Å². The Labute approximate surface area is 619 Å². The maximum absolute atomic E-state index is 13.1. The fourth-order valence-electron chi connectivity index (χ4n) is 12.7. The first-order valence-electron chi connectivity index (χ1n) is 42.5. The second-order valence-corrected chi connectivity index (χ2v) is 33.1. The summed E-state index contributed by atoms with van der Waals surface area (Å²) in [6.45, 7) is 9.65. The molecular formula is C82H160O17P2. The second kappa shape index (κ2) is 73.6. The van der Waals surface area contributed by atoms with E-state index in [1.165, 1.54) is 250 Å². The second-order valence-electron chi connectivity index (χ2n) is 30.2. The summed E-state index contributed by atoms with van der Waals surface area (Å²) in [7, 11) is -9.92. The summed E-state index contributed by atoms with van der Waals surface area (Å²) in [5, 5.41) is 10.7. The molecule has 0 saturated carbocycles. The van der Waals surface area contributed by atoms with Gasteiger partial charge in [-0.05, 0) is 37.5 Å². The molecule has 0 aromatic heterocycles. The largest absolute Gasteiger partial charge is 0.472 e. The summed E-state index contributed by atoms with van der Waals surface area (Å²) in [4.78, 5) is 73.1. The molecule has 0 aliphatic rings. The molecule has 0 rings (SSSR count). The first kappa shape index (κ1) is 99.1. The van der Waals surface area contributed by atoms with E-state index < -0.39 is 97.5 Å². The lowest BCUT2D eigenvalue weighted by molar-refractivity contribution is -0.161. The number of hydrogen-bond donors (Lipinski definition) is 3. The zero-order valence-corrected chi connectivity index (χ0v) is 68.0. The monoisotopic (exact) mass is 1480 g/mol. The molecule has 17 nitrogen and oxygen atoms in total. The van der Waals surface area contributed by atoms with Crippen LogP contribution in [0, 0.1) is 11.8 Å². The van der Waals surface area contributed by atoms with Gasteiger partial charge >= 0.3 is 39.5 Å². The molecule has 0 amide bonds. The Bertz CT molecular complexity index is 1940.